The second kappa shape index (κ2) is 6.70. The number of carboxylic acid groups (broad SMARTS) is 1. The van der Waals surface area contributed by atoms with Crippen molar-refractivity contribution >= 4 is 21.9 Å². The zero-order valence-electron chi connectivity index (χ0n) is 11.5. The average Bonchev–Trinajstić information content (AvgIpc) is 2.35. The van der Waals surface area contributed by atoms with Gasteiger partial charge < -0.3 is 5.11 Å². The van der Waals surface area contributed by atoms with Crippen LogP contribution in [0, 0.1) is 11.2 Å². The zero-order chi connectivity index (χ0) is 14.6. The van der Waals surface area contributed by atoms with Crippen LogP contribution in [-0.2, 0) is 11.2 Å². The van der Waals surface area contributed by atoms with E-state index in [9.17, 15) is 14.3 Å². The molecule has 2 nitrogen and oxygen atoms in total. The summed E-state index contributed by atoms with van der Waals surface area (Å²) in [6.07, 6.45) is 7.26. The Morgan fingerprint density at radius 2 is 1.80 bits per heavy atom. The Bertz CT molecular complexity index is 479. The molecule has 1 aliphatic rings. The molecule has 1 aliphatic carbocycles. The number of benzene rings is 1. The largest absolute Gasteiger partial charge is 0.481 e. The van der Waals surface area contributed by atoms with E-state index in [0.29, 0.717) is 23.7 Å². The molecule has 0 heterocycles. The average molecular weight is 343 g/mol. The molecule has 0 radical (unpaired) electrons. The number of carboxylic acids is 1. The van der Waals surface area contributed by atoms with Crippen molar-refractivity contribution in [3.63, 3.8) is 0 Å². The van der Waals surface area contributed by atoms with Crippen LogP contribution in [0.25, 0.3) is 0 Å². The molecule has 20 heavy (non-hydrogen) atoms. The number of aliphatic carboxylic acids is 1. The molecule has 0 aliphatic heterocycles. The van der Waals surface area contributed by atoms with E-state index in [-0.39, 0.29) is 5.82 Å². The van der Waals surface area contributed by atoms with Crippen LogP contribution in [0.15, 0.2) is 22.7 Å². The molecule has 1 N–H and O–H groups in total. The first-order valence-electron chi connectivity index (χ1n) is 7.21. The SMILES string of the molecule is O=C(O)C1(Cc2ccc(F)cc2Br)CCCCCCC1. The Morgan fingerprint density at radius 1 is 1.20 bits per heavy atom. The maximum atomic E-state index is 13.2. The third kappa shape index (κ3) is 3.60. The predicted octanol–water partition coefficient (Wildman–Crippen LogP) is 4.95. The molecular weight excluding hydrogens is 323 g/mol. The lowest BCUT2D eigenvalue weighted by Gasteiger charge is -2.31. The number of hydrogen-bond donors (Lipinski definition) is 1. The minimum Gasteiger partial charge on any atom is -0.481 e. The van der Waals surface area contributed by atoms with Crippen molar-refractivity contribution in [1.82, 2.24) is 0 Å². The standard InChI is InChI=1S/C16H20BrFO2/c17-14-10-13(18)7-6-12(14)11-16(15(19)20)8-4-2-1-3-5-9-16/h6-7,10H,1-5,8-9,11H2,(H,19,20). The Balaban J connectivity index is 2.25. The molecule has 0 saturated heterocycles. The van der Waals surface area contributed by atoms with Crippen molar-refractivity contribution in [1.29, 1.82) is 0 Å². The maximum absolute atomic E-state index is 13.2. The van der Waals surface area contributed by atoms with Crippen LogP contribution in [0.5, 0.6) is 0 Å². The first-order valence-corrected chi connectivity index (χ1v) is 8.00. The topological polar surface area (TPSA) is 37.3 Å². The Morgan fingerprint density at radius 3 is 2.35 bits per heavy atom. The highest BCUT2D eigenvalue weighted by molar-refractivity contribution is 9.10. The van der Waals surface area contributed by atoms with Gasteiger partial charge >= 0.3 is 5.97 Å². The van der Waals surface area contributed by atoms with Crippen molar-refractivity contribution in [3.05, 3.63) is 34.1 Å². The Hall–Kier alpha value is -0.900. The molecule has 4 heteroatoms. The van der Waals surface area contributed by atoms with Crippen molar-refractivity contribution < 1.29 is 14.3 Å². The molecule has 110 valence electrons. The summed E-state index contributed by atoms with van der Waals surface area (Å²) in [6.45, 7) is 0. The lowest BCUT2D eigenvalue weighted by Crippen LogP contribution is -2.34. The monoisotopic (exact) mass is 342 g/mol. The lowest BCUT2D eigenvalue weighted by molar-refractivity contribution is -0.150. The molecule has 0 amide bonds. The smallest absolute Gasteiger partial charge is 0.309 e. The van der Waals surface area contributed by atoms with E-state index in [2.05, 4.69) is 15.9 Å². The highest BCUT2D eigenvalue weighted by Gasteiger charge is 2.38. The summed E-state index contributed by atoms with van der Waals surface area (Å²) in [7, 11) is 0. The normalized spacial score (nSPS) is 19.1. The molecular formula is C16H20BrFO2. The van der Waals surface area contributed by atoms with Gasteiger partial charge in [-0.25, -0.2) is 4.39 Å². The van der Waals surface area contributed by atoms with E-state index in [4.69, 9.17) is 0 Å². The maximum Gasteiger partial charge on any atom is 0.309 e. The molecule has 1 fully saturated rings. The van der Waals surface area contributed by atoms with Gasteiger partial charge in [-0.05, 0) is 37.0 Å². The third-order valence-corrected chi connectivity index (χ3v) is 5.05. The molecule has 1 aromatic carbocycles. The van der Waals surface area contributed by atoms with E-state index in [1.54, 1.807) is 6.07 Å². The van der Waals surface area contributed by atoms with Crippen LogP contribution in [0.4, 0.5) is 4.39 Å². The van der Waals surface area contributed by atoms with Gasteiger partial charge in [-0.1, -0.05) is 54.1 Å². The number of rotatable bonds is 3. The molecule has 0 spiro atoms. The van der Waals surface area contributed by atoms with E-state index < -0.39 is 11.4 Å². The summed E-state index contributed by atoms with van der Waals surface area (Å²) in [5.74, 6) is -1.02. The summed E-state index contributed by atoms with van der Waals surface area (Å²) in [6, 6.07) is 4.51. The van der Waals surface area contributed by atoms with Gasteiger partial charge in [0.2, 0.25) is 0 Å². The van der Waals surface area contributed by atoms with E-state index >= 15 is 0 Å². The van der Waals surface area contributed by atoms with Crippen LogP contribution in [0.1, 0.15) is 50.5 Å². The van der Waals surface area contributed by atoms with Gasteiger partial charge in [-0.2, -0.15) is 0 Å². The van der Waals surface area contributed by atoms with Crippen LogP contribution in [0.2, 0.25) is 0 Å². The van der Waals surface area contributed by atoms with Gasteiger partial charge in [0.15, 0.2) is 0 Å². The van der Waals surface area contributed by atoms with Gasteiger partial charge in [0.25, 0.3) is 0 Å². The van der Waals surface area contributed by atoms with Gasteiger partial charge in [0.1, 0.15) is 5.82 Å². The fourth-order valence-electron chi connectivity index (χ4n) is 3.08. The zero-order valence-corrected chi connectivity index (χ0v) is 13.1. The molecule has 0 aromatic heterocycles. The van der Waals surface area contributed by atoms with Crippen LogP contribution in [-0.4, -0.2) is 11.1 Å². The third-order valence-electron chi connectivity index (χ3n) is 4.31. The number of halogens is 2. The molecule has 1 aromatic rings. The van der Waals surface area contributed by atoms with Crippen molar-refractivity contribution in [2.24, 2.45) is 5.41 Å². The predicted molar refractivity (Wildman–Crippen MR) is 80.2 cm³/mol. The number of carbonyl (C=O) groups is 1. The van der Waals surface area contributed by atoms with E-state index in [1.807, 2.05) is 0 Å². The summed E-state index contributed by atoms with van der Waals surface area (Å²) in [4.78, 5) is 11.8. The minimum atomic E-state index is -0.712. The highest BCUT2D eigenvalue weighted by Crippen LogP contribution is 2.39. The van der Waals surface area contributed by atoms with Crippen LogP contribution >= 0.6 is 15.9 Å². The molecule has 0 atom stereocenters. The second-order valence-electron chi connectivity index (χ2n) is 5.77. The van der Waals surface area contributed by atoms with E-state index in [0.717, 1.165) is 31.2 Å². The summed E-state index contributed by atoms with van der Waals surface area (Å²) in [5.41, 5.74) is 0.190. The summed E-state index contributed by atoms with van der Waals surface area (Å²) >= 11 is 3.35. The quantitative estimate of drug-likeness (QED) is 0.843. The molecule has 0 unspecified atom stereocenters. The van der Waals surface area contributed by atoms with Gasteiger partial charge in [-0.3, -0.25) is 4.79 Å². The van der Waals surface area contributed by atoms with Gasteiger partial charge in [0.05, 0.1) is 5.41 Å². The fraction of sp³-hybridized carbons (Fsp3) is 0.562. The first kappa shape index (κ1) is 15.5. The van der Waals surface area contributed by atoms with Crippen LogP contribution < -0.4 is 0 Å². The summed E-state index contributed by atoms with van der Waals surface area (Å²) < 4.78 is 13.8. The van der Waals surface area contributed by atoms with E-state index in [1.165, 1.54) is 18.6 Å². The van der Waals surface area contributed by atoms with Crippen molar-refractivity contribution in [3.8, 4) is 0 Å². The first-order chi connectivity index (χ1) is 9.53. The lowest BCUT2D eigenvalue weighted by atomic mass is 9.72. The van der Waals surface area contributed by atoms with Gasteiger partial charge in [0, 0.05) is 4.47 Å². The summed E-state index contributed by atoms with van der Waals surface area (Å²) in [5, 5.41) is 9.72. The second-order valence-corrected chi connectivity index (χ2v) is 6.62. The van der Waals surface area contributed by atoms with Gasteiger partial charge in [-0.15, -0.1) is 0 Å². The van der Waals surface area contributed by atoms with Crippen LogP contribution in [0.3, 0.4) is 0 Å². The fourth-order valence-corrected chi connectivity index (χ4v) is 3.57. The highest BCUT2D eigenvalue weighted by atomic mass is 79.9. The number of hydrogen-bond acceptors (Lipinski definition) is 1. The molecule has 2 rings (SSSR count). The molecule has 0 bridgehead atoms. The molecule has 1 saturated carbocycles. The minimum absolute atomic E-state index is 0.303. The Kier molecular flexibility index (Phi) is 5.19. The Labute approximate surface area is 127 Å². The van der Waals surface area contributed by atoms with Crippen molar-refractivity contribution in [2.75, 3.05) is 0 Å². The van der Waals surface area contributed by atoms with Crippen molar-refractivity contribution in [2.45, 2.75) is 51.4 Å².